The number of halogens is 2. The van der Waals surface area contributed by atoms with E-state index in [1.54, 1.807) is 37.3 Å². The van der Waals surface area contributed by atoms with Gasteiger partial charge in [0.1, 0.15) is 5.57 Å². The smallest absolute Gasteiger partial charge is 0.338 e. The van der Waals surface area contributed by atoms with Crippen LogP contribution in [0, 0.1) is 13.8 Å². The van der Waals surface area contributed by atoms with E-state index in [2.05, 4.69) is 5.32 Å². The Morgan fingerprint density at radius 3 is 2.50 bits per heavy atom. The number of aromatic nitrogens is 1. The molecule has 36 heavy (non-hydrogen) atoms. The highest BCUT2D eigenvalue weighted by molar-refractivity contribution is 6.46. The van der Waals surface area contributed by atoms with Crippen molar-refractivity contribution in [2.45, 2.75) is 20.8 Å². The summed E-state index contributed by atoms with van der Waals surface area (Å²) in [6, 6.07) is 12.3. The van der Waals surface area contributed by atoms with Gasteiger partial charge in [0, 0.05) is 17.1 Å². The molecule has 4 amide bonds. The number of esters is 1. The molecule has 4 rings (SSSR count). The molecule has 0 aliphatic carbocycles. The van der Waals surface area contributed by atoms with Crippen molar-refractivity contribution >= 4 is 58.8 Å². The van der Waals surface area contributed by atoms with Gasteiger partial charge in [-0.2, -0.15) is 0 Å². The van der Waals surface area contributed by atoms with E-state index in [1.807, 2.05) is 24.5 Å². The molecule has 1 aromatic heterocycles. The molecule has 0 spiro atoms. The molecule has 1 aliphatic rings. The van der Waals surface area contributed by atoms with Crippen LogP contribution in [0.1, 0.15) is 34.2 Å². The Bertz CT molecular complexity index is 1460. The summed E-state index contributed by atoms with van der Waals surface area (Å²) in [4.78, 5) is 51.4. The average molecular weight is 526 g/mol. The normalized spacial score (nSPS) is 14.9. The summed E-state index contributed by atoms with van der Waals surface area (Å²) in [5.74, 6) is -2.09. The molecule has 0 unspecified atom stereocenters. The Morgan fingerprint density at radius 1 is 1.06 bits per heavy atom. The SMILES string of the molecule is CCOC(=O)c1cccc(-n2c(C)cc(/C=C3\C(=O)NC(=O)N(c4cccc(Cl)c4Cl)C3=O)c2C)c1. The van der Waals surface area contributed by atoms with E-state index in [-0.39, 0.29) is 27.9 Å². The molecule has 0 radical (unpaired) electrons. The van der Waals surface area contributed by atoms with Crippen molar-refractivity contribution in [2.75, 3.05) is 11.5 Å². The number of hydrogen-bond acceptors (Lipinski definition) is 5. The number of carbonyl (C=O) groups excluding carboxylic acids is 4. The van der Waals surface area contributed by atoms with E-state index in [9.17, 15) is 19.2 Å². The second-order valence-corrected chi connectivity index (χ2v) is 8.75. The number of imide groups is 2. The van der Waals surface area contributed by atoms with Gasteiger partial charge >= 0.3 is 12.0 Å². The van der Waals surface area contributed by atoms with Crippen molar-refractivity contribution in [1.29, 1.82) is 0 Å². The molecule has 0 atom stereocenters. The first kappa shape index (κ1) is 25.2. The summed E-state index contributed by atoms with van der Waals surface area (Å²) in [5.41, 5.74) is 3.02. The van der Waals surface area contributed by atoms with Gasteiger partial charge in [-0.25, -0.2) is 14.5 Å². The summed E-state index contributed by atoms with van der Waals surface area (Å²) in [6.45, 7) is 5.67. The lowest BCUT2D eigenvalue weighted by atomic mass is 10.1. The molecule has 184 valence electrons. The zero-order valence-corrected chi connectivity index (χ0v) is 21.1. The molecule has 2 heterocycles. The number of hydrogen-bond donors (Lipinski definition) is 1. The van der Waals surface area contributed by atoms with E-state index in [0.717, 1.165) is 10.6 Å². The number of nitrogens with one attached hydrogen (secondary N) is 1. The first-order chi connectivity index (χ1) is 17.1. The van der Waals surface area contributed by atoms with E-state index < -0.39 is 23.8 Å². The van der Waals surface area contributed by atoms with E-state index in [0.29, 0.717) is 22.5 Å². The van der Waals surface area contributed by atoms with Gasteiger partial charge in [-0.15, -0.1) is 0 Å². The Hall–Kier alpha value is -3.88. The number of carbonyl (C=O) groups is 4. The van der Waals surface area contributed by atoms with Crippen LogP contribution in [0.25, 0.3) is 11.8 Å². The second kappa shape index (κ2) is 10.0. The topological polar surface area (TPSA) is 97.7 Å². The lowest BCUT2D eigenvalue weighted by Gasteiger charge is -2.27. The number of aryl methyl sites for hydroxylation is 1. The Morgan fingerprint density at radius 2 is 1.78 bits per heavy atom. The van der Waals surface area contributed by atoms with Crippen LogP contribution in [0.4, 0.5) is 10.5 Å². The number of barbiturate groups is 1. The maximum absolute atomic E-state index is 13.3. The molecule has 10 heteroatoms. The van der Waals surface area contributed by atoms with Gasteiger partial charge in [0.05, 0.1) is 27.9 Å². The Kier molecular flexibility index (Phi) is 7.01. The first-order valence-electron chi connectivity index (χ1n) is 11.0. The van der Waals surface area contributed by atoms with Crippen LogP contribution in [0.3, 0.4) is 0 Å². The van der Waals surface area contributed by atoms with Crippen molar-refractivity contribution in [2.24, 2.45) is 0 Å². The lowest BCUT2D eigenvalue weighted by molar-refractivity contribution is -0.122. The van der Waals surface area contributed by atoms with Crippen LogP contribution in [-0.2, 0) is 14.3 Å². The zero-order chi connectivity index (χ0) is 26.1. The molecule has 0 saturated carbocycles. The van der Waals surface area contributed by atoms with Crippen molar-refractivity contribution in [3.63, 3.8) is 0 Å². The van der Waals surface area contributed by atoms with Crippen molar-refractivity contribution in [1.82, 2.24) is 9.88 Å². The van der Waals surface area contributed by atoms with Crippen molar-refractivity contribution in [3.05, 3.63) is 86.7 Å². The number of benzene rings is 2. The minimum atomic E-state index is -0.924. The summed E-state index contributed by atoms with van der Waals surface area (Å²) >= 11 is 12.3. The number of amides is 4. The molecule has 8 nitrogen and oxygen atoms in total. The largest absolute Gasteiger partial charge is 0.462 e. The van der Waals surface area contributed by atoms with Crippen LogP contribution in [0.5, 0.6) is 0 Å². The van der Waals surface area contributed by atoms with E-state index in [1.165, 1.54) is 18.2 Å². The number of ether oxygens (including phenoxy) is 1. The van der Waals surface area contributed by atoms with Gasteiger partial charge in [-0.05, 0) is 68.8 Å². The molecule has 0 bridgehead atoms. The van der Waals surface area contributed by atoms with Gasteiger partial charge in [-0.1, -0.05) is 35.3 Å². The third kappa shape index (κ3) is 4.53. The van der Waals surface area contributed by atoms with Crippen LogP contribution < -0.4 is 10.2 Å². The quantitative estimate of drug-likeness (QED) is 0.279. The molecular formula is C26H21Cl2N3O5. The van der Waals surface area contributed by atoms with Gasteiger partial charge in [0.25, 0.3) is 11.8 Å². The third-order valence-electron chi connectivity index (χ3n) is 5.66. The minimum Gasteiger partial charge on any atom is -0.462 e. The Balaban J connectivity index is 1.75. The zero-order valence-electron chi connectivity index (χ0n) is 19.6. The highest BCUT2D eigenvalue weighted by Crippen LogP contribution is 2.34. The fraction of sp³-hybridized carbons (Fsp3) is 0.154. The minimum absolute atomic E-state index is 0.0102. The molecule has 3 aromatic rings. The molecule has 1 saturated heterocycles. The van der Waals surface area contributed by atoms with Gasteiger partial charge in [0.15, 0.2) is 0 Å². The van der Waals surface area contributed by atoms with Gasteiger partial charge in [0.2, 0.25) is 0 Å². The lowest BCUT2D eigenvalue weighted by Crippen LogP contribution is -2.54. The highest BCUT2D eigenvalue weighted by atomic mass is 35.5. The molecule has 1 N–H and O–H groups in total. The number of rotatable bonds is 5. The summed E-state index contributed by atoms with van der Waals surface area (Å²) in [6.07, 6.45) is 1.42. The number of anilines is 1. The maximum Gasteiger partial charge on any atom is 0.338 e. The third-order valence-corrected chi connectivity index (χ3v) is 6.47. The van der Waals surface area contributed by atoms with Crippen LogP contribution >= 0.6 is 23.2 Å². The molecule has 2 aromatic carbocycles. The van der Waals surface area contributed by atoms with Gasteiger partial charge in [-0.3, -0.25) is 14.9 Å². The van der Waals surface area contributed by atoms with E-state index in [4.69, 9.17) is 27.9 Å². The summed E-state index contributed by atoms with van der Waals surface area (Å²) in [7, 11) is 0. The van der Waals surface area contributed by atoms with Crippen molar-refractivity contribution in [3.8, 4) is 5.69 Å². The van der Waals surface area contributed by atoms with Crippen molar-refractivity contribution < 1.29 is 23.9 Å². The second-order valence-electron chi connectivity index (χ2n) is 7.96. The monoisotopic (exact) mass is 525 g/mol. The standard InChI is InChI=1S/C26H21Cl2N3O5/c1-4-36-25(34)16-7-5-8-18(12-16)30-14(2)11-17(15(30)3)13-19-23(32)29-26(35)31(24(19)33)21-10-6-9-20(27)22(21)28/h5-13H,4H2,1-3H3,(H,29,32,35)/b19-13+. The van der Waals surface area contributed by atoms with Crippen LogP contribution in [0.2, 0.25) is 10.0 Å². The highest BCUT2D eigenvalue weighted by Gasteiger charge is 2.38. The number of nitrogens with zero attached hydrogens (tertiary/aromatic N) is 2. The van der Waals surface area contributed by atoms with E-state index >= 15 is 0 Å². The maximum atomic E-state index is 13.3. The molecule has 1 aliphatic heterocycles. The Labute approximate surface area is 217 Å². The van der Waals surface area contributed by atoms with Crippen LogP contribution in [-0.4, -0.2) is 35.0 Å². The average Bonchev–Trinajstić information content (AvgIpc) is 3.12. The fourth-order valence-electron chi connectivity index (χ4n) is 4.01. The van der Waals surface area contributed by atoms with Crippen LogP contribution in [0.15, 0.2) is 54.1 Å². The predicted octanol–water partition coefficient (Wildman–Crippen LogP) is 5.24. The number of urea groups is 1. The first-order valence-corrected chi connectivity index (χ1v) is 11.7. The molecule has 1 fully saturated rings. The fourth-order valence-corrected chi connectivity index (χ4v) is 4.39. The summed E-state index contributed by atoms with van der Waals surface area (Å²) in [5, 5.41) is 2.35. The molecular weight excluding hydrogens is 505 g/mol. The summed E-state index contributed by atoms with van der Waals surface area (Å²) < 4.78 is 6.98. The predicted molar refractivity (Wildman–Crippen MR) is 137 cm³/mol. The van der Waals surface area contributed by atoms with Gasteiger partial charge < -0.3 is 9.30 Å².